The zero-order valence-corrected chi connectivity index (χ0v) is 7.23. The quantitative estimate of drug-likeness (QED) is 0.764. The van der Waals surface area contributed by atoms with Gasteiger partial charge >= 0.3 is 0 Å². The summed E-state index contributed by atoms with van der Waals surface area (Å²) in [4.78, 5) is 2.82. The molecule has 1 aromatic heterocycles. The van der Waals surface area contributed by atoms with E-state index in [1.807, 2.05) is 0 Å². The van der Waals surface area contributed by atoms with Gasteiger partial charge in [-0.25, -0.2) is 13.2 Å². The van der Waals surface area contributed by atoms with Crippen molar-refractivity contribution in [2.24, 2.45) is 0 Å². The number of hydrogen-bond donors (Lipinski definition) is 1. The molecule has 1 N–H and O–H groups in total. The van der Waals surface area contributed by atoms with E-state index in [-0.39, 0.29) is 6.42 Å². The molecule has 0 aliphatic heterocycles. The van der Waals surface area contributed by atoms with Crippen molar-refractivity contribution in [1.82, 2.24) is 4.98 Å². The first kappa shape index (κ1) is 9.12. The zero-order valence-electron chi connectivity index (χ0n) is 7.23. The van der Waals surface area contributed by atoms with Crippen LogP contribution in [-0.2, 0) is 6.42 Å². The average Bonchev–Trinajstić information content (AvgIpc) is 2.47. The van der Waals surface area contributed by atoms with E-state index in [2.05, 4.69) is 4.98 Å². The summed E-state index contributed by atoms with van der Waals surface area (Å²) in [7, 11) is 0. The van der Waals surface area contributed by atoms with Crippen molar-refractivity contribution in [3.05, 3.63) is 35.8 Å². The summed E-state index contributed by atoms with van der Waals surface area (Å²) in [5.41, 5.74) is 1.14. The van der Waals surface area contributed by atoms with Gasteiger partial charge in [0.15, 0.2) is 0 Å². The number of fused-ring (bicyclic) bond motifs is 1. The molecule has 2 aromatic rings. The number of hydrogen-bond acceptors (Lipinski definition) is 0. The summed E-state index contributed by atoms with van der Waals surface area (Å²) in [5.74, 6) is -0.410. The second-order valence-electron chi connectivity index (χ2n) is 3.10. The Hall–Kier alpha value is -1.45. The maximum absolute atomic E-state index is 12.8. The van der Waals surface area contributed by atoms with Crippen molar-refractivity contribution in [3.8, 4) is 0 Å². The first-order valence-corrected chi connectivity index (χ1v) is 4.20. The maximum atomic E-state index is 12.8. The Labute approximate surface area is 78.5 Å². The molecule has 0 radical (unpaired) electrons. The fraction of sp³-hybridized carbons (Fsp3) is 0.200. The van der Waals surface area contributed by atoms with Gasteiger partial charge in [-0.05, 0) is 23.8 Å². The molecule has 0 aliphatic carbocycles. The molecule has 0 fully saturated rings. The lowest BCUT2D eigenvalue weighted by Crippen LogP contribution is -1.95. The van der Waals surface area contributed by atoms with Gasteiger partial charge in [-0.1, -0.05) is 0 Å². The lowest BCUT2D eigenvalue weighted by atomic mass is 10.1. The molecule has 0 spiro atoms. The standard InChI is InChI=1S/C10H8F3N/c11-7-1-2-9-8(4-7)6(5-14-9)3-10(12)13/h1-2,4-5,10,14H,3H2. The predicted octanol–water partition coefficient (Wildman–Crippen LogP) is 3.11. The van der Waals surface area contributed by atoms with Gasteiger partial charge in [0.25, 0.3) is 0 Å². The molecular weight excluding hydrogens is 191 g/mol. The highest BCUT2D eigenvalue weighted by atomic mass is 19.3. The molecule has 1 aromatic carbocycles. The molecule has 1 nitrogen and oxygen atoms in total. The van der Waals surface area contributed by atoms with Crippen LogP contribution >= 0.6 is 0 Å². The van der Waals surface area contributed by atoms with Crippen LogP contribution in [-0.4, -0.2) is 11.4 Å². The van der Waals surface area contributed by atoms with E-state index in [9.17, 15) is 13.2 Å². The number of aromatic amines is 1. The highest BCUT2D eigenvalue weighted by Crippen LogP contribution is 2.21. The largest absolute Gasteiger partial charge is 0.361 e. The normalized spacial score (nSPS) is 11.4. The summed E-state index contributed by atoms with van der Waals surface area (Å²) in [5, 5.41) is 0.533. The minimum atomic E-state index is -2.41. The van der Waals surface area contributed by atoms with Crippen LogP contribution in [0.5, 0.6) is 0 Å². The third-order valence-corrected chi connectivity index (χ3v) is 2.10. The van der Waals surface area contributed by atoms with Crippen molar-refractivity contribution in [3.63, 3.8) is 0 Å². The number of rotatable bonds is 2. The molecule has 0 saturated carbocycles. The van der Waals surface area contributed by atoms with Crippen LogP contribution in [0, 0.1) is 5.82 Å². The molecule has 2 rings (SSSR count). The van der Waals surface area contributed by atoms with Crippen LogP contribution < -0.4 is 0 Å². The number of alkyl halides is 2. The van der Waals surface area contributed by atoms with Gasteiger partial charge < -0.3 is 4.98 Å². The van der Waals surface area contributed by atoms with Crippen molar-refractivity contribution in [2.45, 2.75) is 12.8 Å². The van der Waals surface area contributed by atoms with Crippen LogP contribution in [0.4, 0.5) is 13.2 Å². The number of nitrogens with one attached hydrogen (secondary N) is 1. The molecule has 4 heteroatoms. The Morgan fingerprint density at radius 1 is 1.29 bits per heavy atom. The van der Waals surface area contributed by atoms with Gasteiger partial charge in [-0.3, -0.25) is 0 Å². The van der Waals surface area contributed by atoms with Crippen LogP contribution in [0.2, 0.25) is 0 Å². The molecule has 0 amide bonds. The Kier molecular flexibility index (Phi) is 2.19. The summed E-state index contributed by atoms with van der Waals surface area (Å²) < 4.78 is 37.1. The van der Waals surface area contributed by atoms with Gasteiger partial charge in [0, 0.05) is 23.5 Å². The van der Waals surface area contributed by atoms with Crippen LogP contribution in [0.15, 0.2) is 24.4 Å². The van der Waals surface area contributed by atoms with E-state index in [1.165, 1.54) is 18.3 Å². The molecule has 0 unspecified atom stereocenters. The van der Waals surface area contributed by atoms with Gasteiger partial charge in [-0.15, -0.1) is 0 Å². The summed E-state index contributed by atoms with van der Waals surface area (Å²) >= 11 is 0. The van der Waals surface area contributed by atoms with Crippen molar-refractivity contribution < 1.29 is 13.2 Å². The molecule has 0 aliphatic rings. The van der Waals surface area contributed by atoms with E-state index < -0.39 is 12.2 Å². The van der Waals surface area contributed by atoms with Crippen molar-refractivity contribution in [1.29, 1.82) is 0 Å². The van der Waals surface area contributed by atoms with Crippen molar-refractivity contribution in [2.75, 3.05) is 0 Å². The smallest absolute Gasteiger partial charge is 0.242 e. The first-order valence-electron chi connectivity index (χ1n) is 4.20. The van der Waals surface area contributed by atoms with Crippen LogP contribution in [0.1, 0.15) is 5.56 Å². The zero-order chi connectivity index (χ0) is 10.1. The number of halogens is 3. The Morgan fingerprint density at radius 3 is 2.79 bits per heavy atom. The van der Waals surface area contributed by atoms with Gasteiger partial charge in [0.1, 0.15) is 5.82 Å². The van der Waals surface area contributed by atoms with E-state index in [4.69, 9.17) is 0 Å². The van der Waals surface area contributed by atoms with Crippen LogP contribution in [0.3, 0.4) is 0 Å². The topological polar surface area (TPSA) is 15.8 Å². The molecule has 0 atom stereocenters. The lowest BCUT2D eigenvalue weighted by Gasteiger charge is -1.97. The first-order chi connectivity index (χ1) is 6.66. The molecule has 1 heterocycles. The molecule has 0 saturated heterocycles. The molecular formula is C10H8F3N. The van der Waals surface area contributed by atoms with Crippen LogP contribution in [0.25, 0.3) is 10.9 Å². The third kappa shape index (κ3) is 1.60. The van der Waals surface area contributed by atoms with E-state index in [0.29, 0.717) is 16.5 Å². The monoisotopic (exact) mass is 199 g/mol. The SMILES string of the molecule is Fc1ccc2[nH]cc(CC(F)F)c2c1. The van der Waals surface area contributed by atoms with E-state index in [1.54, 1.807) is 6.07 Å². The summed E-state index contributed by atoms with van der Waals surface area (Å²) in [6, 6.07) is 4.11. The highest BCUT2D eigenvalue weighted by Gasteiger charge is 2.09. The van der Waals surface area contributed by atoms with E-state index >= 15 is 0 Å². The Morgan fingerprint density at radius 2 is 2.07 bits per heavy atom. The predicted molar refractivity (Wildman–Crippen MR) is 48.0 cm³/mol. The molecule has 0 bridgehead atoms. The summed E-state index contributed by atoms with van der Waals surface area (Å²) in [6.07, 6.45) is -1.25. The number of H-pyrrole nitrogens is 1. The van der Waals surface area contributed by atoms with Gasteiger partial charge in [0.2, 0.25) is 6.43 Å². The second kappa shape index (κ2) is 3.36. The summed E-state index contributed by atoms with van der Waals surface area (Å²) in [6.45, 7) is 0. The molecule has 14 heavy (non-hydrogen) atoms. The lowest BCUT2D eigenvalue weighted by molar-refractivity contribution is 0.149. The highest BCUT2D eigenvalue weighted by molar-refractivity contribution is 5.83. The maximum Gasteiger partial charge on any atom is 0.242 e. The number of aromatic nitrogens is 1. The minimum Gasteiger partial charge on any atom is -0.361 e. The van der Waals surface area contributed by atoms with Crippen molar-refractivity contribution >= 4 is 10.9 Å². The Balaban J connectivity index is 2.50. The molecule has 74 valence electrons. The van der Waals surface area contributed by atoms with Gasteiger partial charge in [0.05, 0.1) is 0 Å². The minimum absolute atomic E-state index is 0.344. The van der Waals surface area contributed by atoms with Gasteiger partial charge in [-0.2, -0.15) is 0 Å². The second-order valence-corrected chi connectivity index (χ2v) is 3.10. The van der Waals surface area contributed by atoms with E-state index in [0.717, 1.165) is 0 Å². The Bertz CT molecular complexity index is 448. The fourth-order valence-electron chi connectivity index (χ4n) is 1.49. The number of benzene rings is 1. The average molecular weight is 199 g/mol. The third-order valence-electron chi connectivity index (χ3n) is 2.10. The fourth-order valence-corrected chi connectivity index (χ4v) is 1.49.